The Morgan fingerprint density at radius 3 is 2.89 bits per heavy atom. The quantitative estimate of drug-likeness (QED) is 0.727. The van der Waals surface area contributed by atoms with Gasteiger partial charge < -0.3 is 10.2 Å². The maximum atomic E-state index is 3.68. The van der Waals surface area contributed by atoms with E-state index in [2.05, 4.69) is 34.8 Å². The van der Waals surface area contributed by atoms with Gasteiger partial charge in [-0.2, -0.15) is 0 Å². The van der Waals surface area contributed by atoms with Gasteiger partial charge >= 0.3 is 0 Å². The molecule has 1 saturated carbocycles. The normalized spacial score (nSPS) is 16.8. The zero-order valence-corrected chi connectivity index (χ0v) is 12.3. The van der Waals surface area contributed by atoms with E-state index < -0.39 is 0 Å². The molecule has 0 radical (unpaired) electrons. The molecule has 1 heterocycles. The summed E-state index contributed by atoms with van der Waals surface area (Å²) in [6.45, 7) is 3.59. The van der Waals surface area contributed by atoms with E-state index >= 15 is 0 Å². The van der Waals surface area contributed by atoms with Gasteiger partial charge in [-0.3, -0.25) is 0 Å². The van der Waals surface area contributed by atoms with E-state index in [9.17, 15) is 0 Å². The fourth-order valence-electron chi connectivity index (χ4n) is 2.65. The van der Waals surface area contributed by atoms with Crippen LogP contribution in [0, 0.1) is 0 Å². The number of hydrogen-bond acceptors (Lipinski definition) is 3. The van der Waals surface area contributed by atoms with E-state index in [0.29, 0.717) is 0 Å². The van der Waals surface area contributed by atoms with Gasteiger partial charge in [0, 0.05) is 17.5 Å². The van der Waals surface area contributed by atoms with Crippen molar-refractivity contribution >= 4 is 11.3 Å². The van der Waals surface area contributed by atoms with Gasteiger partial charge in [0.25, 0.3) is 0 Å². The minimum Gasteiger partial charge on any atom is -0.314 e. The predicted molar refractivity (Wildman–Crippen MR) is 80.4 cm³/mol. The molecule has 0 aromatic carbocycles. The Balaban J connectivity index is 1.48. The van der Waals surface area contributed by atoms with E-state index in [1.807, 2.05) is 11.3 Å². The highest BCUT2D eigenvalue weighted by atomic mass is 32.1. The van der Waals surface area contributed by atoms with Crippen LogP contribution < -0.4 is 5.32 Å². The second-order valence-electron chi connectivity index (χ2n) is 5.42. The average molecular weight is 266 g/mol. The van der Waals surface area contributed by atoms with Gasteiger partial charge in [0.1, 0.15) is 0 Å². The number of hydrogen-bond donors (Lipinski definition) is 1. The van der Waals surface area contributed by atoms with Crippen LogP contribution in [0.5, 0.6) is 0 Å². The van der Waals surface area contributed by atoms with Crippen molar-refractivity contribution in [2.45, 2.75) is 44.6 Å². The highest BCUT2D eigenvalue weighted by Crippen LogP contribution is 2.17. The molecule has 1 aliphatic carbocycles. The summed E-state index contributed by atoms with van der Waals surface area (Å²) in [6.07, 6.45) is 8.13. The lowest BCUT2D eigenvalue weighted by Gasteiger charge is -2.17. The van der Waals surface area contributed by atoms with Crippen molar-refractivity contribution in [3.63, 3.8) is 0 Å². The van der Waals surface area contributed by atoms with Crippen LogP contribution >= 0.6 is 11.3 Å². The third-order valence-electron chi connectivity index (χ3n) is 3.82. The van der Waals surface area contributed by atoms with E-state index in [4.69, 9.17) is 0 Å². The largest absolute Gasteiger partial charge is 0.314 e. The van der Waals surface area contributed by atoms with Crippen LogP contribution in [0.25, 0.3) is 0 Å². The number of nitrogens with one attached hydrogen (secondary N) is 1. The summed E-state index contributed by atoms with van der Waals surface area (Å²) < 4.78 is 0. The lowest BCUT2D eigenvalue weighted by molar-refractivity contribution is 0.328. The molecule has 0 spiro atoms. The molecule has 18 heavy (non-hydrogen) atoms. The summed E-state index contributed by atoms with van der Waals surface area (Å²) >= 11 is 1.87. The molecule has 1 N–H and O–H groups in total. The molecule has 0 amide bonds. The van der Waals surface area contributed by atoms with Gasteiger partial charge in [-0.15, -0.1) is 11.3 Å². The lowest BCUT2D eigenvalue weighted by Crippen LogP contribution is -2.30. The molecule has 2 nitrogen and oxygen atoms in total. The van der Waals surface area contributed by atoms with Gasteiger partial charge in [-0.25, -0.2) is 0 Å². The van der Waals surface area contributed by atoms with E-state index in [1.165, 1.54) is 63.0 Å². The van der Waals surface area contributed by atoms with Crippen molar-refractivity contribution in [2.24, 2.45) is 0 Å². The molecule has 2 rings (SSSR count). The first-order valence-electron chi connectivity index (χ1n) is 7.29. The monoisotopic (exact) mass is 266 g/mol. The Hall–Kier alpha value is -0.380. The second-order valence-corrected chi connectivity index (χ2v) is 6.45. The smallest absolute Gasteiger partial charge is 0.00670 e. The van der Waals surface area contributed by atoms with Crippen molar-refractivity contribution in [2.75, 3.05) is 26.7 Å². The zero-order valence-electron chi connectivity index (χ0n) is 11.5. The van der Waals surface area contributed by atoms with Crippen molar-refractivity contribution in [1.29, 1.82) is 0 Å². The fourth-order valence-corrected chi connectivity index (χ4v) is 3.35. The number of rotatable bonds is 8. The summed E-state index contributed by atoms with van der Waals surface area (Å²) in [4.78, 5) is 3.96. The Labute approximate surface area is 115 Å². The molecule has 0 aliphatic heterocycles. The maximum absolute atomic E-state index is 3.68. The molecule has 0 bridgehead atoms. The average Bonchev–Trinajstić information content (AvgIpc) is 3.04. The van der Waals surface area contributed by atoms with Crippen molar-refractivity contribution in [1.82, 2.24) is 10.2 Å². The molecule has 1 aromatic heterocycles. The Kier molecular flexibility index (Phi) is 6.18. The minimum absolute atomic E-state index is 0.821. The van der Waals surface area contributed by atoms with Crippen LogP contribution in [0.1, 0.15) is 37.0 Å². The molecule has 1 fully saturated rings. The van der Waals surface area contributed by atoms with Crippen LogP contribution in [-0.4, -0.2) is 37.6 Å². The molecule has 0 unspecified atom stereocenters. The first-order chi connectivity index (χ1) is 8.84. The van der Waals surface area contributed by atoms with E-state index in [0.717, 1.165) is 6.04 Å². The van der Waals surface area contributed by atoms with Crippen LogP contribution in [0.15, 0.2) is 17.5 Å². The van der Waals surface area contributed by atoms with Crippen LogP contribution in [0.2, 0.25) is 0 Å². The van der Waals surface area contributed by atoms with Gasteiger partial charge in [-0.1, -0.05) is 18.9 Å². The van der Waals surface area contributed by atoms with Crippen LogP contribution in [0.3, 0.4) is 0 Å². The number of nitrogens with zero attached hydrogens (tertiary/aromatic N) is 1. The van der Waals surface area contributed by atoms with E-state index in [1.54, 1.807) is 0 Å². The summed E-state index contributed by atoms with van der Waals surface area (Å²) in [7, 11) is 2.24. The van der Waals surface area contributed by atoms with Crippen molar-refractivity contribution in [3.05, 3.63) is 22.4 Å². The Morgan fingerprint density at radius 2 is 2.17 bits per heavy atom. The number of likely N-dealkylation sites (N-methyl/N-ethyl adjacent to an activating group) is 1. The highest BCUT2D eigenvalue weighted by molar-refractivity contribution is 7.09. The molecule has 0 atom stereocenters. The molecular formula is C15H26N2S. The standard InChI is InChI=1S/C15H26N2S/c1-17(12-9-15-8-4-13-18-15)11-5-10-16-14-6-2-3-7-14/h4,8,13-14,16H,2-3,5-7,9-12H2,1H3. The highest BCUT2D eigenvalue weighted by Gasteiger charge is 2.13. The molecule has 1 aliphatic rings. The predicted octanol–water partition coefficient (Wildman–Crippen LogP) is 3.14. The van der Waals surface area contributed by atoms with Gasteiger partial charge in [0.05, 0.1) is 0 Å². The van der Waals surface area contributed by atoms with Crippen molar-refractivity contribution < 1.29 is 0 Å². The SMILES string of the molecule is CN(CCCNC1CCCC1)CCc1cccs1. The van der Waals surface area contributed by atoms with E-state index in [-0.39, 0.29) is 0 Å². The maximum Gasteiger partial charge on any atom is 0.00670 e. The second kappa shape index (κ2) is 7.93. The first-order valence-corrected chi connectivity index (χ1v) is 8.17. The van der Waals surface area contributed by atoms with Gasteiger partial charge in [0.15, 0.2) is 0 Å². The first kappa shape index (κ1) is 14.0. The fraction of sp³-hybridized carbons (Fsp3) is 0.733. The topological polar surface area (TPSA) is 15.3 Å². The molecule has 1 aromatic rings. The van der Waals surface area contributed by atoms with Crippen molar-refractivity contribution in [3.8, 4) is 0 Å². The van der Waals surface area contributed by atoms with Crippen LogP contribution in [0.4, 0.5) is 0 Å². The lowest BCUT2D eigenvalue weighted by atomic mass is 10.2. The summed E-state index contributed by atoms with van der Waals surface area (Å²) in [5, 5.41) is 5.85. The molecular weight excluding hydrogens is 240 g/mol. The van der Waals surface area contributed by atoms with Crippen LogP contribution in [-0.2, 0) is 6.42 Å². The summed E-state index contributed by atoms with van der Waals surface area (Å²) in [5.41, 5.74) is 0. The summed E-state index contributed by atoms with van der Waals surface area (Å²) in [6, 6.07) is 5.20. The number of thiophene rings is 1. The molecule has 3 heteroatoms. The Bertz CT molecular complexity index is 304. The molecule has 102 valence electrons. The third-order valence-corrected chi connectivity index (χ3v) is 4.76. The zero-order chi connectivity index (χ0) is 12.6. The summed E-state index contributed by atoms with van der Waals surface area (Å²) in [5.74, 6) is 0. The van der Waals surface area contributed by atoms with Gasteiger partial charge in [-0.05, 0) is 57.3 Å². The Morgan fingerprint density at radius 1 is 1.33 bits per heavy atom. The van der Waals surface area contributed by atoms with Gasteiger partial charge in [0.2, 0.25) is 0 Å². The third kappa shape index (κ3) is 5.09. The minimum atomic E-state index is 0.821. The molecule has 0 saturated heterocycles.